The maximum Gasteiger partial charge on any atom is 0.417 e. The first-order chi connectivity index (χ1) is 48.2. The van der Waals surface area contributed by atoms with Gasteiger partial charge in [0.1, 0.15) is 47.8 Å². The van der Waals surface area contributed by atoms with Gasteiger partial charge in [0, 0.05) is 68.5 Å². The number of alkyl halides is 3. The molecule has 6 aliphatic rings. The summed E-state index contributed by atoms with van der Waals surface area (Å²) in [4.78, 5) is 192. The number of hydrogen-bond donors (Lipinski definition) is 3. The SMILES string of the molecule is CC[C@H](C)[C@@H]1NC(=O)[C@H](CC(C)C)N(C)C(=O)C[C@@H](C(=O)N2CCCCC2)N(C)C(=O)[C@H](C2CCCCC2)N(C)C(=O)C2(CCCC2)NC(=O)C2CCCN2C(=O)[C@H](CCc2ccc(C(F)(F)F)c(Cl)c2)NC(=O)CN(C)C(=O)[C@H](CC2CCCCC2)N(CC)C(=O)CN(C)C(=O)CN(C)C1=O. The minimum absolute atomic E-state index is 0.0212. The quantitative estimate of drug-likeness (QED) is 0.195. The third kappa shape index (κ3) is 20.7. The number of likely N-dealkylation sites (N-methyl/N-ethyl adjacent to an activating group) is 7. The Morgan fingerprint density at radius 3 is 1.83 bits per heavy atom. The lowest BCUT2D eigenvalue weighted by atomic mass is 9.81. The van der Waals surface area contributed by atoms with Crippen LogP contribution in [0.1, 0.15) is 200 Å². The number of aryl methyl sites for hydroxylation is 1. The Hall–Kier alpha value is -7.06. The zero-order valence-corrected chi connectivity index (χ0v) is 62.9. The van der Waals surface area contributed by atoms with Gasteiger partial charge in [0.25, 0.3) is 0 Å². The first kappa shape index (κ1) is 82.2. The fourth-order valence-corrected chi connectivity index (χ4v) is 16.5. The summed E-state index contributed by atoms with van der Waals surface area (Å²) in [5.41, 5.74) is -2.33. The van der Waals surface area contributed by atoms with Crippen molar-refractivity contribution in [2.45, 2.75) is 249 Å². The van der Waals surface area contributed by atoms with E-state index in [0.29, 0.717) is 70.0 Å². The van der Waals surface area contributed by atoms with Gasteiger partial charge in [-0.3, -0.25) is 57.5 Å². The van der Waals surface area contributed by atoms with Crippen LogP contribution in [-0.4, -0.2) is 251 Å². The molecule has 3 saturated heterocycles. The van der Waals surface area contributed by atoms with E-state index in [0.717, 1.165) is 84.6 Å². The largest absolute Gasteiger partial charge is 0.417 e. The molecule has 102 heavy (non-hydrogen) atoms. The highest BCUT2D eigenvalue weighted by Crippen LogP contribution is 2.39. The molecule has 12 amide bonds. The van der Waals surface area contributed by atoms with E-state index in [-0.39, 0.29) is 69.9 Å². The summed E-state index contributed by atoms with van der Waals surface area (Å²) < 4.78 is 41.7. The van der Waals surface area contributed by atoms with Crippen molar-refractivity contribution in [1.82, 2.24) is 60.0 Å². The number of carbonyl (C=O) groups is 12. The van der Waals surface area contributed by atoms with Gasteiger partial charge in [-0.2, -0.15) is 13.2 Å². The monoisotopic (exact) mass is 1450 g/mol. The number of nitrogens with one attached hydrogen (secondary N) is 3. The summed E-state index contributed by atoms with van der Waals surface area (Å²) in [5.74, 6) is -8.60. The summed E-state index contributed by atoms with van der Waals surface area (Å²) in [5, 5.41) is 8.23. The van der Waals surface area contributed by atoms with E-state index < -0.39 is 173 Å². The van der Waals surface area contributed by atoms with Crippen molar-refractivity contribution in [2.24, 2.45) is 23.7 Å². The Bertz CT molecular complexity index is 3150. The predicted molar refractivity (Wildman–Crippen MR) is 378 cm³/mol. The topological polar surface area (TPSA) is 270 Å². The van der Waals surface area contributed by atoms with Gasteiger partial charge >= 0.3 is 6.18 Å². The standard InChI is InChI=1S/C74H114ClF3N12O12/c1-12-48(5)63-70(100)84(8)45-61(93)82(6)46-62(94)89(13-2)58(42-49-26-17-14-18-27-49)68(98)83(7)44-59(91)79-54(34-32-50-31-33-52(53(75)41-50)74(76,77)78)67(97)90-39-25-30-55(90)66(96)81-73(35-21-22-36-73)72(102)87(11)64(51-28-19-15-20-29-51)71(101)86(10)57(69(99)88-37-23-16-24-38-88)43-60(92)85(9)56(40-47(3)4)65(95)80-63/h31,33,41,47-49,51,54-58,63-64H,12-30,32,34-40,42-46H2,1-11H3,(H,79,91)(H,80,95)(H,81,96)/t48-,54-,55?,56-,57-,58-,63-,64-/m0/s1. The Morgan fingerprint density at radius 2 is 1.24 bits per heavy atom. The van der Waals surface area contributed by atoms with Crippen LogP contribution in [0, 0.1) is 23.7 Å². The second kappa shape index (κ2) is 37.1. The van der Waals surface area contributed by atoms with Crippen LogP contribution in [0.3, 0.4) is 0 Å². The van der Waals surface area contributed by atoms with E-state index in [9.17, 15) is 37.1 Å². The normalized spacial score (nSPS) is 26.6. The van der Waals surface area contributed by atoms with Crippen LogP contribution in [-0.2, 0) is 70.1 Å². The smallest absolute Gasteiger partial charge is 0.343 e. The number of fused-ring (bicyclic) bond motifs is 1. The van der Waals surface area contributed by atoms with Crippen molar-refractivity contribution in [2.75, 3.05) is 88.1 Å². The summed E-state index contributed by atoms with van der Waals surface area (Å²) in [6.45, 7) is 8.21. The second-order valence-electron chi connectivity index (χ2n) is 30.3. The minimum atomic E-state index is -4.76. The third-order valence-electron chi connectivity index (χ3n) is 22.5. The lowest BCUT2D eigenvalue weighted by molar-refractivity contribution is -0.157. The minimum Gasteiger partial charge on any atom is -0.343 e. The number of rotatable bonds is 12. The van der Waals surface area contributed by atoms with Crippen LogP contribution in [0.5, 0.6) is 0 Å². The fraction of sp³-hybridized carbons (Fsp3) is 0.757. The molecule has 6 fully saturated rings. The highest BCUT2D eigenvalue weighted by atomic mass is 35.5. The van der Waals surface area contributed by atoms with E-state index in [1.54, 1.807) is 18.7 Å². The van der Waals surface area contributed by atoms with E-state index in [1.807, 2.05) is 20.8 Å². The maximum atomic E-state index is 15.8. The van der Waals surface area contributed by atoms with E-state index in [2.05, 4.69) is 16.0 Å². The average Bonchev–Trinajstić information content (AvgIpc) is 1.01. The number of amides is 12. The van der Waals surface area contributed by atoms with Gasteiger partial charge in [-0.25, -0.2) is 0 Å². The number of hydrogen-bond acceptors (Lipinski definition) is 12. The first-order valence-electron chi connectivity index (χ1n) is 37.4. The molecule has 1 aromatic carbocycles. The van der Waals surface area contributed by atoms with Gasteiger partial charge in [0.2, 0.25) is 70.9 Å². The number of piperidine rings is 1. The number of halogens is 4. The Labute approximate surface area is 605 Å². The maximum absolute atomic E-state index is 15.8. The molecular weight excluding hydrogens is 1340 g/mol. The number of nitrogens with zero attached hydrogens (tertiary/aromatic N) is 9. The third-order valence-corrected chi connectivity index (χ3v) is 22.8. The molecule has 1 spiro atoms. The first-order valence-corrected chi connectivity index (χ1v) is 37.8. The van der Waals surface area contributed by atoms with Crippen LogP contribution in [0.2, 0.25) is 5.02 Å². The Kier molecular flexibility index (Phi) is 29.9. The van der Waals surface area contributed by atoms with Gasteiger partial charge in [-0.05, 0) is 132 Å². The molecule has 24 nitrogen and oxygen atoms in total. The number of benzene rings is 1. The van der Waals surface area contributed by atoms with Crippen molar-refractivity contribution in [3.63, 3.8) is 0 Å². The molecule has 3 aliphatic heterocycles. The predicted octanol–water partition coefficient (Wildman–Crippen LogP) is 6.81. The van der Waals surface area contributed by atoms with Crippen LogP contribution in [0.25, 0.3) is 0 Å². The van der Waals surface area contributed by atoms with Crippen molar-refractivity contribution < 1.29 is 70.7 Å². The zero-order chi connectivity index (χ0) is 75.1. The molecule has 1 aromatic rings. The summed E-state index contributed by atoms with van der Waals surface area (Å²) in [7, 11) is 8.63. The Balaban J connectivity index is 1.30. The highest BCUT2D eigenvalue weighted by molar-refractivity contribution is 6.31. The van der Waals surface area contributed by atoms with Crippen LogP contribution >= 0.6 is 11.6 Å². The molecule has 7 rings (SSSR count). The van der Waals surface area contributed by atoms with Crippen molar-refractivity contribution >= 4 is 82.5 Å². The van der Waals surface area contributed by atoms with Crippen molar-refractivity contribution in [1.29, 1.82) is 0 Å². The zero-order valence-electron chi connectivity index (χ0n) is 62.1. The molecule has 3 N–H and O–H groups in total. The molecule has 1 unspecified atom stereocenters. The summed E-state index contributed by atoms with van der Waals surface area (Å²) in [6, 6.07) is -5.49. The molecule has 0 bridgehead atoms. The highest BCUT2D eigenvalue weighted by Gasteiger charge is 2.52. The molecule has 0 radical (unpaired) electrons. The van der Waals surface area contributed by atoms with E-state index >= 15 is 33.6 Å². The van der Waals surface area contributed by atoms with Crippen LogP contribution in [0.15, 0.2) is 18.2 Å². The molecule has 3 heterocycles. The molecule has 3 saturated carbocycles. The number of carbonyl (C=O) groups excluding carboxylic acids is 12. The lowest BCUT2D eigenvalue weighted by Gasteiger charge is -2.43. The fourth-order valence-electron chi connectivity index (χ4n) is 16.2. The number of likely N-dealkylation sites (tertiary alicyclic amines) is 1. The summed E-state index contributed by atoms with van der Waals surface area (Å²) in [6.07, 6.45) is 7.16. The molecule has 3 aliphatic carbocycles. The molecule has 28 heteroatoms. The van der Waals surface area contributed by atoms with Gasteiger partial charge in [0.05, 0.1) is 36.6 Å². The molecule has 8 atom stereocenters. The van der Waals surface area contributed by atoms with E-state index in [4.69, 9.17) is 11.6 Å². The van der Waals surface area contributed by atoms with E-state index in [1.165, 1.54) is 72.9 Å². The van der Waals surface area contributed by atoms with Crippen molar-refractivity contribution in [3.05, 3.63) is 34.3 Å². The van der Waals surface area contributed by atoms with Gasteiger partial charge in [0.15, 0.2) is 0 Å². The molecule has 570 valence electrons. The lowest BCUT2D eigenvalue weighted by Crippen LogP contribution is -2.65. The molecule has 0 aromatic heterocycles. The van der Waals surface area contributed by atoms with Crippen LogP contribution < -0.4 is 16.0 Å². The van der Waals surface area contributed by atoms with Gasteiger partial charge in [-0.1, -0.05) is 116 Å². The average molecular weight is 1460 g/mol. The summed E-state index contributed by atoms with van der Waals surface area (Å²) >= 11 is 6.18. The van der Waals surface area contributed by atoms with Crippen molar-refractivity contribution in [3.8, 4) is 0 Å². The van der Waals surface area contributed by atoms with Crippen LogP contribution in [0.4, 0.5) is 13.2 Å². The van der Waals surface area contributed by atoms with Gasteiger partial charge in [-0.15, -0.1) is 0 Å². The Morgan fingerprint density at radius 1 is 0.627 bits per heavy atom. The second-order valence-corrected chi connectivity index (χ2v) is 30.8. The van der Waals surface area contributed by atoms with Gasteiger partial charge < -0.3 is 60.0 Å². The molecular formula is C74H114ClF3N12O12.